The van der Waals surface area contributed by atoms with Crippen LogP contribution >= 0.6 is 0 Å². The topological polar surface area (TPSA) is 48.0 Å². The number of carbonyl (C=O) groups is 1. The summed E-state index contributed by atoms with van der Waals surface area (Å²) in [5, 5.41) is 0. The van der Waals surface area contributed by atoms with Crippen LogP contribution in [0.1, 0.15) is 56.2 Å². The van der Waals surface area contributed by atoms with Crippen molar-refractivity contribution in [1.29, 1.82) is 0 Å². The van der Waals surface area contributed by atoms with Crippen molar-refractivity contribution in [2.75, 3.05) is 26.8 Å². The maximum Gasteiger partial charge on any atom is 0.177 e. The highest BCUT2D eigenvalue weighted by atomic mass is 16.5. The summed E-state index contributed by atoms with van der Waals surface area (Å²) in [5.74, 6) is 1.70. The molecule has 2 aliphatic carbocycles. The highest BCUT2D eigenvalue weighted by Gasteiger charge is 2.78. The van der Waals surface area contributed by atoms with Gasteiger partial charge in [-0.25, -0.2) is 0 Å². The molecule has 5 heteroatoms. The zero-order chi connectivity index (χ0) is 23.6. The van der Waals surface area contributed by atoms with Crippen LogP contribution in [0.5, 0.6) is 11.5 Å². The zero-order valence-corrected chi connectivity index (χ0v) is 20.6. The van der Waals surface area contributed by atoms with Crippen molar-refractivity contribution in [3.63, 3.8) is 0 Å². The summed E-state index contributed by atoms with van der Waals surface area (Å²) in [6.45, 7) is 6.90. The second-order valence-electron chi connectivity index (χ2n) is 10.5. The van der Waals surface area contributed by atoms with E-state index in [1.807, 2.05) is 13.0 Å². The zero-order valence-electron chi connectivity index (χ0n) is 20.6. The minimum absolute atomic E-state index is 0.200. The van der Waals surface area contributed by atoms with Crippen LogP contribution in [0, 0.1) is 0 Å². The van der Waals surface area contributed by atoms with Crippen molar-refractivity contribution < 1.29 is 19.0 Å². The fourth-order valence-electron chi connectivity index (χ4n) is 7.83. The van der Waals surface area contributed by atoms with Gasteiger partial charge in [0.2, 0.25) is 0 Å². The van der Waals surface area contributed by atoms with Crippen molar-refractivity contribution in [2.24, 2.45) is 0 Å². The molecule has 1 unspecified atom stereocenters. The molecule has 0 radical (unpaired) electrons. The molecule has 2 fully saturated rings. The molecule has 6 rings (SSSR count). The van der Waals surface area contributed by atoms with Gasteiger partial charge in [0.1, 0.15) is 0 Å². The molecule has 1 saturated carbocycles. The Morgan fingerprint density at radius 2 is 1.97 bits per heavy atom. The molecule has 34 heavy (non-hydrogen) atoms. The first-order valence-corrected chi connectivity index (χ1v) is 12.9. The number of likely N-dealkylation sites (N-methyl/N-ethyl adjacent to an activating group) is 1. The Hall–Kier alpha value is -2.37. The van der Waals surface area contributed by atoms with Crippen LogP contribution in [0.2, 0.25) is 0 Å². The number of piperidine rings is 1. The highest BCUT2D eigenvalue weighted by Crippen LogP contribution is 2.69. The molecule has 5 nitrogen and oxygen atoms in total. The van der Waals surface area contributed by atoms with E-state index in [9.17, 15) is 4.79 Å². The van der Waals surface area contributed by atoms with E-state index < -0.39 is 16.6 Å². The summed E-state index contributed by atoms with van der Waals surface area (Å²) in [6, 6.07) is 15.1. The van der Waals surface area contributed by atoms with E-state index in [4.69, 9.17) is 14.2 Å². The van der Waals surface area contributed by atoms with E-state index in [1.54, 1.807) is 7.11 Å². The number of Topliss-reactive ketones (excluding diaryl/α,β-unsaturated/α-hetero) is 1. The van der Waals surface area contributed by atoms with Crippen molar-refractivity contribution in [1.82, 2.24) is 4.90 Å². The molecule has 0 aromatic heterocycles. The molecule has 4 atom stereocenters. The van der Waals surface area contributed by atoms with Gasteiger partial charge in [-0.05, 0) is 69.3 Å². The third-order valence-electron chi connectivity index (χ3n) is 9.34. The Kier molecular flexibility index (Phi) is 5.09. The lowest BCUT2D eigenvalue weighted by Crippen LogP contribution is -2.80. The second-order valence-corrected chi connectivity index (χ2v) is 10.5. The number of hydrogen-bond acceptors (Lipinski definition) is 5. The van der Waals surface area contributed by atoms with Crippen LogP contribution in [0.3, 0.4) is 0 Å². The van der Waals surface area contributed by atoms with Crippen LogP contribution in [-0.2, 0) is 27.8 Å². The predicted molar refractivity (Wildman–Crippen MR) is 131 cm³/mol. The summed E-state index contributed by atoms with van der Waals surface area (Å²) < 4.78 is 19.5. The number of ether oxygens (including phenoxy) is 3. The average molecular weight is 462 g/mol. The van der Waals surface area contributed by atoms with Crippen LogP contribution in [0.4, 0.5) is 0 Å². The first-order valence-electron chi connectivity index (χ1n) is 12.9. The Morgan fingerprint density at radius 1 is 1.15 bits per heavy atom. The Balaban J connectivity index is 1.45. The number of likely N-dealkylation sites (tertiary alicyclic amines) is 1. The van der Waals surface area contributed by atoms with Crippen LogP contribution < -0.4 is 9.47 Å². The normalized spacial score (nSPS) is 33.4. The van der Waals surface area contributed by atoms with Gasteiger partial charge in [0.15, 0.2) is 22.9 Å². The van der Waals surface area contributed by atoms with Gasteiger partial charge in [-0.2, -0.15) is 0 Å². The number of aryl methyl sites for hydroxylation is 1. The van der Waals surface area contributed by atoms with Gasteiger partial charge >= 0.3 is 0 Å². The van der Waals surface area contributed by atoms with Crippen molar-refractivity contribution in [3.8, 4) is 11.5 Å². The van der Waals surface area contributed by atoms with Crippen molar-refractivity contribution >= 4 is 5.78 Å². The Bertz CT molecular complexity index is 1120. The predicted octanol–water partition coefficient (Wildman–Crippen LogP) is 4.49. The lowest BCUT2D eigenvalue weighted by Gasteiger charge is -2.66. The minimum atomic E-state index is -0.922. The van der Waals surface area contributed by atoms with Gasteiger partial charge in [-0.1, -0.05) is 43.3 Å². The lowest BCUT2D eigenvalue weighted by molar-refractivity contribution is -0.230. The van der Waals surface area contributed by atoms with Gasteiger partial charge in [-0.3, -0.25) is 9.69 Å². The number of benzene rings is 2. The average Bonchev–Trinajstić information content (AvgIpc) is 3.14. The molecule has 2 aromatic rings. The van der Waals surface area contributed by atoms with Gasteiger partial charge in [-0.15, -0.1) is 0 Å². The molecule has 2 aromatic carbocycles. The number of carbonyl (C=O) groups excluding carboxylic acids is 1. The summed E-state index contributed by atoms with van der Waals surface area (Å²) >= 11 is 0. The number of rotatable bonds is 7. The standard InChI is InChI=1S/C29H35NO4/c1-4-30-17-16-28-25-21-12-13-22(32-3)26(25)34-27(28,2)24(31)14-15-29(28,23(30)19-21)33-18-8-11-20-9-6-5-7-10-20/h5-7,9-10,12-13,23H,4,8,11,14-19H2,1-3H3/t23-,27?,28+,29-/m1/s1. The van der Waals surface area contributed by atoms with E-state index in [0.717, 1.165) is 56.7 Å². The van der Waals surface area contributed by atoms with Crippen molar-refractivity contribution in [2.45, 2.75) is 75.0 Å². The number of nitrogens with zero attached hydrogens (tertiary/aromatic N) is 1. The van der Waals surface area contributed by atoms with Crippen molar-refractivity contribution in [3.05, 3.63) is 59.2 Å². The molecule has 0 amide bonds. The van der Waals surface area contributed by atoms with Crippen LogP contribution in [0.25, 0.3) is 0 Å². The Labute approximate surface area is 202 Å². The molecule has 2 bridgehead atoms. The maximum atomic E-state index is 13.6. The van der Waals surface area contributed by atoms with Gasteiger partial charge in [0.25, 0.3) is 0 Å². The number of methoxy groups -OCH3 is 1. The molecular formula is C29H35NO4. The van der Waals surface area contributed by atoms with Crippen LogP contribution in [0.15, 0.2) is 42.5 Å². The van der Waals surface area contributed by atoms with Gasteiger partial charge in [0, 0.05) is 24.6 Å². The molecule has 2 aliphatic heterocycles. The molecule has 4 aliphatic rings. The first kappa shape index (κ1) is 22.1. The van der Waals surface area contributed by atoms with E-state index in [1.165, 1.54) is 16.7 Å². The fraction of sp³-hybridized carbons (Fsp3) is 0.552. The molecule has 1 spiro atoms. The number of ketones is 1. The Morgan fingerprint density at radius 3 is 2.74 bits per heavy atom. The highest BCUT2D eigenvalue weighted by molar-refractivity contribution is 5.94. The SMILES string of the molecule is CCN1CC[C@]23c4c5ccc(OC)c4OC2(C)C(=O)CC[C@@]3(OCCCc2ccccc2)[C@H]1C5. The monoisotopic (exact) mass is 461 g/mol. The fourth-order valence-corrected chi connectivity index (χ4v) is 7.83. The minimum Gasteiger partial charge on any atom is -0.493 e. The summed E-state index contributed by atoms with van der Waals surface area (Å²) in [4.78, 5) is 16.2. The van der Waals surface area contributed by atoms with E-state index in [-0.39, 0.29) is 11.8 Å². The summed E-state index contributed by atoms with van der Waals surface area (Å²) in [7, 11) is 1.68. The maximum absolute atomic E-state index is 13.6. The third kappa shape index (κ3) is 2.66. The number of hydrogen-bond donors (Lipinski definition) is 0. The summed E-state index contributed by atoms with van der Waals surface area (Å²) in [6.07, 6.45) is 5.00. The third-order valence-corrected chi connectivity index (χ3v) is 9.34. The molecule has 1 saturated heterocycles. The molecule has 0 N–H and O–H groups in total. The van der Waals surface area contributed by atoms with E-state index >= 15 is 0 Å². The van der Waals surface area contributed by atoms with Gasteiger partial charge in [0.05, 0.1) is 18.1 Å². The first-order chi connectivity index (χ1) is 16.5. The van der Waals surface area contributed by atoms with Crippen LogP contribution in [-0.4, -0.2) is 54.7 Å². The second kappa shape index (κ2) is 7.82. The molecular weight excluding hydrogens is 426 g/mol. The lowest BCUT2D eigenvalue weighted by atomic mass is 9.45. The summed E-state index contributed by atoms with van der Waals surface area (Å²) in [5.41, 5.74) is 1.99. The van der Waals surface area contributed by atoms with E-state index in [0.29, 0.717) is 13.0 Å². The smallest absolute Gasteiger partial charge is 0.177 e. The quantitative estimate of drug-likeness (QED) is 0.569. The molecule has 180 valence electrons. The molecule has 2 heterocycles. The van der Waals surface area contributed by atoms with Gasteiger partial charge < -0.3 is 14.2 Å². The largest absolute Gasteiger partial charge is 0.493 e. The van der Waals surface area contributed by atoms with E-state index in [2.05, 4.69) is 48.2 Å².